The maximum absolute atomic E-state index is 11.9. The Bertz CT molecular complexity index is 597. The van der Waals surface area contributed by atoms with Gasteiger partial charge in [0.2, 0.25) is 0 Å². The zero-order valence-corrected chi connectivity index (χ0v) is 16.2. The Labute approximate surface area is 152 Å². The van der Waals surface area contributed by atoms with Gasteiger partial charge in [-0.05, 0) is 38.8 Å². The number of rotatable bonds is 9. The SMILES string of the molecule is C=C(C)CC[C@@H](C(=O)O)[C@@H](/C=C/C)c1c(OC)cc(Br)cc1OC. The number of allylic oxidation sites excluding steroid dienone is 3. The third-order valence-electron chi connectivity index (χ3n) is 3.87. The van der Waals surface area contributed by atoms with Gasteiger partial charge in [-0.15, -0.1) is 6.58 Å². The zero-order chi connectivity index (χ0) is 18.3. The number of carbonyl (C=O) groups is 1. The number of methoxy groups -OCH3 is 2. The van der Waals surface area contributed by atoms with E-state index in [0.29, 0.717) is 24.3 Å². The summed E-state index contributed by atoms with van der Waals surface area (Å²) < 4.78 is 11.8. The molecule has 5 heteroatoms. The summed E-state index contributed by atoms with van der Waals surface area (Å²) in [6.07, 6.45) is 4.92. The number of aliphatic carboxylic acids is 1. The van der Waals surface area contributed by atoms with Gasteiger partial charge < -0.3 is 14.6 Å². The molecule has 1 N–H and O–H groups in total. The molecule has 1 aromatic rings. The van der Waals surface area contributed by atoms with Crippen molar-refractivity contribution in [1.29, 1.82) is 0 Å². The van der Waals surface area contributed by atoms with Crippen molar-refractivity contribution >= 4 is 21.9 Å². The fourth-order valence-electron chi connectivity index (χ4n) is 2.73. The summed E-state index contributed by atoms with van der Waals surface area (Å²) in [5, 5.41) is 9.77. The number of carboxylic acids is 1. The van der Waals surface area contributed by atoms with Crippen molar-refractivity contribution in [3.8, 4) is 11.5 Å². The summed E-state index contributed by atoms with van der Waals surface area (Å²) in [6, 6.07) is 3.65. The van der Waals surface area contributed by atoms with Crippen LogP contribution in [0, 0.1) is 5.92 Å². The van der Waals surface area contributed by atoms with Gasteiger partial charge in [0, 0.05) is 16.0 Å². The number of ether oxygens (including phenoxy) is 2. The smallest absolute Gasteiger partial charge is 0.307 e. The van der Waals surface area contributed by atoms with Crippen molar-refractivity contribution in [2.24, 2.45) is 5.92 Å². The van der Waals surface area contributed by atoms with Crippen LogP contribution >= 0.6 is 15.9 Å². The van der Waals surface area contributed by atoms with Crippen LogP contribution in [0.4, 0.5) is 0 Å². The lowest BCUT2D eigenvalue weighted by Crippen LogP contribution is -2.22. The van der Waals surface area contributed by atoms with E-state index in [1.54, 1.807) is 14.2 Å². The molecular formula is C19H25BrO4. The quantitative estimate of drug-likeness (QED) is 0.583. The molecule has 4 nitrogen and oxygen atoms in total. The van der Waals surface area contributed by atoms with Crippen molar-refractivity contribution in [1.82, 2.24) is 0 Å². The number of hydrogen-bond acceptors (Lipinski definition) is 3. The Morgan fingerprint density at radius 1 is 1.33 bits per heavy atom. The van der Waals surface area contributed by atoms with E-state index in [1.807, 2.05) is 38.1 Å². The predicted octanol–water partition coefficient (Wildman–Crippen LogP) is 5.18. The fraction of sp³-hybridized carbons (Fsp3) is 0.421. The molecule has 132 valence electrons. The molecule has 0 saturated carbocycles. The van der Waals surface area contributed by atoms with E-state index in [2.05, 4.69) is 22.5 Å². The molecule has 0 aliphatic heterocycles. The molecule has 0 saturated heterocycles. The average Bonchev–Trinajstić information content (AvgIpc) is 2.52. The normalized spacial score (nSPS) is 13.5. The maximum atomic E-state index is 11.9. The van der Waals surface area contributed by atoms with Crippen LogP contribution < -0.4 is 9.47 Å². The van der Waals surface area contributed by atoms with Crippen molar-refractivity contribution < 1.29 is 19.4 Å². The van der Waals surface area contributed by atoms with Crippen molar-refractivity contribution in [3.05, 3.63) is 46.5 Å². The lowest BCUT2D eigenvalue weighted by Gasteiger charge is -2.25. The van der Waals surface area contributed by atoms with Gasteiger partial charge in [-0.2, -0.15) is 0 Å². The average molecular weight is 397 g/mol. The van der Waals surface area contributed by atoms with Crippen molar-refractivity contribution in [2.45, 2.75) is 32.6 Å². The zero-order valence-electron chi connectivity index (χ0n) is 14.6. The summed E-state index contributed by atoms with van der Waals surface area (Å²) in [5.74, 6) is -0.588. The van der Waals surface area contributed by atoms with Crippen LogP contribution in [0.1, 0.15) is 38.2 Å². The van der Waals surface area contributed by atoms with Gasteiger partial charge in [-0.1, -0.05) is 33.7 Å². The highest BCUT2D eigenvalue weighted by Gasteiger charge is 2.32. The Hall–Kier alpha value is -1.75. The second kappa shape index (κ2) is 9.52. The molecule has 0 spiro atoms. The number of benzene rings is 1. The topological polar surface area (TPSA) is 55.8 Å². The molecule has 0 aliphatic rings. The first-order valence-electron chi connectivity index (χ1n) is 7.77. The van der Waals surface area contributed by atoms with Crippen molar-refractivity contribution in [3.63, 3.8) is 0 Å². The Morgan fingerprint density at radius 2 is 1.88 bits per heavy atom. The molecule has 0 aliphatic carbocycles. The van der Waals surface area contributed by atoms with Gasteiger partial charge >= 0.3 is 5.97 Å². The molecule has 2 atom stereocenters. The Balaban J connectivity index is 3.47. The minimum Gasteiger partial charge on any atom is -0.496 e. The van der Waals surface area contributed by atoms with E-state index >= 15 is 0 Å². The highest BCUT2D eigenvalue weighted by Crippen LogP contribution is 2.43. The third kappa shape index (κ3) is 5.13. The third-order valence-corrected chi connectivity index (χ3v) is 4.33. The summed E-state index contributed by atoms with van der Waals surface area (Å²) >= 11 is 3.43. The Morgan fingerprint density at radius 3 is 2.25 bits per heavy atom. The highest BCUT2D eigenvalue weighted by molar-refractivity contribution is 9.10. The summed E-state index contributed by atoms with van der Waals surface area (Å²) in [4.78, 5) is 11.9. The fourth-order valence-corrected chi connectivity index (χ4v) is 3.15. The van der Waals surface area contributed by atoms with E-state index in [9.17, 15) is 9.90 Å². The number of carboxylic acid groups (broad SMARTS) is 1. The van der Waals surface area contributed by atoms with E-state index in [4.69, 9.17) is 9.47 Å². The monoisotopic (exact) mass is 396 g/mol. The molecule has 0 heterocycles. The van der Waals surface area contributed by atoms with Gasteiger partial charge in [-0.25, -0.2) is 0 Å². The lowest BCUT2D eigenvalue weighted by molar-refractivity contribution is -0.142. The molecule has 0 radical (unpaired) electrons. The van der Waals surface area contributed by atoms with E-state index in [-0.39, 0.29) is 5.92 Å². The first-order valence-corrected chi connectivity index (χ1v) is 8.56. The van der Waals surface area contributed by atoms with Gasteiger partial charge in [-0.3, -0.25) is 4.79 Å². The van der Waals surface area contributed by atoms with Gasteiger partial charge in [0.15, 0.2) is 0 Å². The standard InChI is InChI=1S/C19H25BrO4/c1-6-7-14(15(19(21)22)9-8-12(2)3)18-16(23-4)10-13(20)11-17(18)24-5/h6-7,10-11,14-15H,2,8-9H2,1,3-5H3,(H,21,22)/b7-6+/t14-,15-/m1/s1. The van der Waals surface area contributed by atoms with E-state index in [1.165, 1.54) is 0 Å². The van der Waals surface area contributed by atoms with Gasteiger partial charge in [0.1, 0.15) is 11.5 Å². The molecule has 1 aromatic carbocycles. The largest absolute Gasteiger partial charge is 0.496 e. The molecule has 0 aromatic heterocycles. The van der Waals surface area contributed by atoms with E-state index < -0.39 is 11.9 Å². The van der Waals surface area contributed by atoms with Gasteiger partial charge in [0.05, 0.1) is 20.1 Å². The number of hydrogen-bond donors (Lipinski definition) is 1. The molecule has 24 heavy (non-hydrogen) atoms. The van der Waals surface area contributed by atoms with Crippen LogP contribution in [0.2, 0.25) is 0 Å². The summed E-state index contributed by atoms with van der Waals surface area (Å²) in [6.45, 7) is 7.66. The van der Waals surface area contributed by atoms with Crippen LogP contribution in [-0.2, 0) is 4.79 Å². The summed E-state index contributed by atoms with van der Waals surface area (Å²) in [5.41, 5.74) is 1.71. The van der Waals surface area contributed by atoms with Crippen LogP contribution in [-0.4, -0.2) is 25.3 Å². The maximum Gasteiger partial charge on any atom is 0.307 e. The Kier molecular flexibility index (Phi) is 8.05. The molecule has 1 rings (SSSR count). The van der Waals surface area contributed by atoms with Crippen LogP contribution in [0.3, 0.4) is 0 Å². The van der Waals surface area contributed by atoms with Crippen molar-refractivity contribution in [2.75, 3.05) is 14.2 Å². The molecule has 0 amide bonds. The second-order valence-corrected chi connectivity index (χ2v) is 6.63. The van der Waals surface area contributed by atoms with Crippen LogP contribution in [0.25, 0.3) is 0 Å². The minimum atomic E-state index is -0.841. The minimum absolute atomic E-state index is 0.357. The molecule has 0 unspecified atom stereocenters. The van der Waals surface area contributed by atoms with E-state index in [0.717, 1.165) is 15.6 Å². The first-order chi connectivity index (χ1) is 11.3. The van der Waals surface area contributed by atoms with Crippen LogP contribution in [0.15, 0.2) is 40.9 Å². The highest BCUT2D eigenvalue weighted by atomic mass is 79.9. The molecule has 0 fully saturated rings. The summed E-state index contributed by atoms with van der Waals surface area (Å²) in [7, 11) is 3.14. The number of halogens is 1. The first kappa shape index (κ1) is 20.3. The lowest BCUT2D eigenvalue weighted by atomic mass is 9.81. The second-order valence-electron chi connectivity index (χ2n) is 5.72. The van der Waals surface area contributed by atoms with Gasteiger partial charge in [0.25, 0.3) is 0 Å². The predicted molar refractivity (Wildman–Crippen MR) is 100.0 cm³/mol. The van der Waals surface area contributed by atoms with Crippen LogP contribution in [0.5, 0.6) is 11.5 Å². The molecule has 0 bridgehead atoms. The molecular weight excluding hydrogens is 372 g/mol.